The maximum Gasteiger partial charge on any atom is 0.320 e. The van der Waals surface area contributed by atoms with Crippen molar-refractivity contribution < 1.29 is 13.9 Å². The van der Waals surface area contributed by atoms with Gasteiger partial charge in [-0.15, -0.1) is 0 Å². The van der Waals surface area contributed by atoms with Crippen molar-refractivity contribution in [3.8, 4) is 5.75 Å². The molecule has 2 fully saturated rings. The Kier molecular flexibility index (Phi) is 5.23. The minimum Gasteiger partial charge on any atom is -0.490 e. The highest BCUT2D eigenvalue weighted by atomic mass is 19.1. The number of amides is 2. The van der Waals surface area contributed by atoms with Gasteiger partial charge in [0, 0.05) is 52.1 Å². The van der Waals surface area contributed by atoms with Gasteiger partial charge in [-0.2, -0.15) is 0 Å². The van der Waals surface area contributed by atoms with E-state index in [9.17, 15) is 9.18 Å². The molecule has 132 valence electrons. The summed E-state index contributed by atoms with van der Waals surface area (Å²) >= 11 is 0. The van der Waals surface area contributed by atoms with Crippen molar-refractivity contribution in [2.24, 2.45) is 0 Å². The summed E-state index contributed by atoms with van der Waals surface area (Å²) in [4.78, 5) is 18.7. The molecule has 1 aromatic carbocycles. The lowest BCUT2D eigenvalue weighted by Crippen LogP contribution is -2.53. The SMILES string of the molecule is Cc1cc(OC2CCN(C(=O)N3CCN(C)CC3)CC2)ccc1F. The number of piperidine rings is 1. The average Bonchev–Trinajstić information content (AvgIpc) is 2.59. The fourth-order valence-electron chi connectivity index (χ4n) is 3.25. The lowest BCUT2D eigenvalue weighted by Gasteiger charge is -2.38. The van der Waals surface area contributed by atoms with Crippen LogP contribution in [0.1, 0.15) is 18.4 Å². The predicted molar refractivity (Wildman–Crippen MR) is 90.8 cm³/mol. The van der Waals surface area contributed by atoms with Crippen LogP contribution >= 0.6 is 0 Å². The number of halogens is 1. The molecule has 24 heavy (non-hydrogen) atoms. The van der Waals surface area contributed by atoms with Crippen LogP contribution in [-0.2, 0) is 0 Å². The first-order valence-electron chi connectivity index (χ1n) is 8.68. The van der Waals surface area contributed by atoms with Gasteiger partial charge in [0.2, 0.25) is 0 Å². The van der Waals surface area contributed by atoms with Crippen molar-refractivity contribution in [3.63, 3.8) is 0 Å². The second-order valence-electron chi connectivity index (χ2n) is 6.79. The molecule has 0 N–H and O–H groups in total. The number of nitrogens with zero attached hydrogens (tertiary/aromatic N) is 3. The lowest BCUT2D eigenvalue weighted by molar-refractivity contribution is 0.0840. The molecule has 2 aliphatic heterocycles. The number of rotatable bonds is 2. The molecule has 0 aliphatic carbocycles. The van der Waals surface area contributed by atoms with E-state index in [0.717, 1.165) is 52.1 Å². The van der Waals surface area contributed by atoms with E-state index in [0.29, 0.717) is 11.3 Å². The first kappa shape index (κ1) is 17.0. The van der Waals surface area contributed by atoms with Crippen LogP contribution in [-0.4, -0.2) is 73.2 Å². The van der Waals surface area contributed by atoms with Gasteiger partial charge in [-0.3, -0.25) is 0 Å². The van der Waals surface area contributed by atoms with Crippen LogP contribution < -0.4 is 4.74 Å². The van der Waals surface area contributed by atoms with Crippen molar-refractivity contribution in [3.05, 3.63) is 29.6 Å². The fourth-order valence-corrected chi connectivity index (χ4v) is 3.25. The molecule has 0 aromatic heterocycles. The summed E-state index contributed by atoms with van der Waals surface area (Å²) in [6, 6.07) is 5.00. The Balaban J connectivity index is 1.48. The van der Waals surface area contributed by atoms with E-state index in [4.69, 9.17) is 4.74 Å². The Morgan fingerprint density at radius 1 is 1.08 bits per heavy atom. The third-order valence-corrected chi connectivity index (χ3v) is 4.92. The van der Waals surface area contributed by atoms with Gasteiger partial charge in [0.05, 0.1) is 0 Å². The molecule has 6 heteroatoms. The maximum absolute atomic E-state index is 13.3. The number of benzene rings is 1. The van der Waals surface area contributed by atoms with Crippen molar-refractivity contribution in [2.75, 3.05) is 46.3 Å². The zero-order valence-corrected chi connectivity index (χ0v) is 14.5. The predicted octanol–water partition coefficient (Wildman–Crippen LogP) is 2.34. The zero-order chi connectivity index (χ0) is 17.1. The second kappa shape index (κ2) is 7.38. The number of piperazine rings is 1. The van der Waals surface area contributed by atoms with Crippen molar-refractivity contribution in [1.82, 2.24) is 14.7 Å². The van der Waals surface area contributed by atoms with Crippen molar-refractivity contribution in [2.45, 2.75) is 25.9 Å². The van der Waals surface area contributed by atoms with Gasteiger partial charge in [-0.25, -0.2) is 9.18 Å². The molecule has 3 rings (SSSR count). The minimum atomic E-state index is -0.213. The molecular formula is C18H26FN3O2. The van der Waals surface area contributed by atoms with Gasteiger partial charge in [0.25, 0.3) is 0 Å². The first-order chi connectivity index (χ1) is 11.5. The molecule has 0 atom stereocenters. The summed E-state index contributed by atoms with van der Waals surface area (Å²) in [7, 11) is 2.09. The molecular weight excluding hydrogens is 309 g/mol. The summed E-state index contributed by atoms with van der Waals surface area (Å²) in [6.07, 6.45) is 1.72. The van der Waals surface area contributed by atoms with E-state index in [-0.39, 0.29) is 18.0 Å². The molecule has 0 unspecified atom stereocenters. The third-order valence-electron chi connectivity index (χ3n) is 4.92. The van der Waals surface area contributed by atoms with Crippen molar-refractivity contribution >= 4 is 6.03 Å². The highest BCUT2D eigenvalue weighted by Crippen LogP contribution is 2.22. The lowest BCUT2D eigenvalue weighted by atomic mass is 10.1. The number of urea groups is 1. The number of aryl methyl sites for hydroxylation is 1. The smallest absolute Gasteiger partial charge is 0.320 e. The van der Waals surface area contributed by atoms with E-state index in [1.54, 1.807) is 19.1 Å². The number of ether oxygens (including phenoxy) is 1. The number of likely N-dealkylation sites (tertiary alicyclic amines) is 1. The summed E-state index contributed by atoms with van der Waals surface area (Å²) < 4.78 is 19.3. The molecule has 2 heterocycles. The average molecular weight is 335 g/mol. The molecule has 0 saturated carbocycles. The van der Waals surface area contributed by atoms with E-state index in [1.807, 2.05) is 9.80 Å². The molecule has 0 bridgehead atoms. The number of hydrogen-bond donors (Lipinski definition) is 0. The first-order valence-corrected chi connectivity index (χ1v) is 8.68. The van der Waals surface area contributed by atoms with Crippen LogP contribution in [0.2, 0.25) is 0 Å². The largest absolute Gasteiger partial charge is 0.490 e. The maximum atomic E-state index is 13.3. The minimum absolute atomic E-state index is 0.0893. The Labute approximate surface area is 143 Å². The molecule has 2 aliphatic rings. The zero-order valence-electron chi connectivity index (χ0n) is 14.5. The summed E-state index contributed by atoms with van der Waals surface area (Å²) in [5.41, 5.74) is 0.593. The second-order valence-corrected chi connectivity index (χ2v) is 6.79. The normalized spacial score (nSPS) is 20.3. The van der Waals surface area contributed by atoms with Crippen molar-refractivity contribution in [1.29, 1.82) is 0 Å². The standard InChI is InChI=1S/C18H26FN3O2/c1-14-13-16(3-4-17(14)19)24-15-5-7-21(8-6-15)18(23)22-11-9-20(2)10-12-22/h3-4,13,15H,5-12H2,1-2H3. The summed E-state index contributed by atoms with van der Waals surface area (Å²) in [5, 5.41) is 0. The van der Waals surface area contributed by atoms with Gasteiger partial charge in [-0.05, 0) is 37.7 Å². The van der Waals surface area contributed by atoms with Gasteiger partial charge in [0.1, 0.15) is 17.7 Å². The van der Waals surface area contributed by atoms with Crippen LogP contribution in [0, 0.1) is 12.7 Å². The highest BCUT2D eigenvalue weighted by molar-refractivity contribution is 5.74. The molecule has 0 spiro atoms. The van der Waals surface area contributed by atoms with Gasteiger partial charge in [-0.1, -0.05) is 0 Å². The van der Waals surface area contributed by atoms with Crippen LogP contribution in [0.15, 0.2) is 18.2 Å². The van der Waals surface area contributed by atoms with Crippen LogP contribution in [0.4, 0.5) is 9.18 Å². The number of carbonyl (C=O) groups excluding carboxylic acids is 1. The molecule has 2 amide bonds. The Morgan fingerprint density at radius 2 is 1.71 bits per heavy atom. The van der Waals surface area contributed by atoms with Gasteiger partial charge >= 0.3 is 6.03 Å². The summed E-state index contributed by atoms with van der Waals surface area (Å²) in [5.74, 6) is 0.493. The monoisotopic (exact) mass is 335 g/mol. The van der Waals surface area contributed by atoms with Crippen LogP contribution in [0.5, 0.6) is 5.75 Å². The fraction of sp³-hybridized carbons (Fsp3) is 0.611. The van der Waals surface area contributed by atoms with E-state index in [1.165, 1.54) is 6.07 Å². The number of hydrogen-bond acceptors (Lipinski definition) is 3. The topological polar surface area (TPSA) is 36.0 Å². The Hall–Kier alpha value is -1.82. The molecule has 2 saturated heterocycles. The number of likely N-dealkylation sites (N-methyl/N-ethyl adjacent to an activating group) is 1. The van der Waals surface area contributed by atoms with E-state index >= 15 is 0 Å². The molecule has 0 radical (unpaired) electrons. The Morgan fingerprint density at radius 3 is 2.33 bits per heavy atom. The molecule has 5 nitrogen and oxygen atoms in total. The molecule has 1 aromatic rings. The van der Waals surface area contributed by atoms with Crippen LogP contribution in [0.25, 0.3) is 0 Å². The van der Waals surface area contributed by atoms with E-state index in [2.05, 4.69) is 11.9 Å². The third kappa shape index (κ3) is 3.98. The highest BCUT2D eigenvalue weighted by Gasteiger charge is 2.28. The van der Waals surface area contributed by atoms with Gasteiger partial charge in [0.15, 0.2) is 0 Å². The van der Waals surface area contributed by atoms with Gasteiger partial charge < -0.3 is 19.4 Å². The summed E-state index contributed by atoms with van der Waals surface area (Å²) in [6.45, 7) is 6.66. The Bertz CT molecular complexity index is 580. The van der Waals surface area contributed by atoms with Crippen LogP contribution in [0.3, 0.4) is 0 Å². The number of carbonyl (C=O) groups is 1. The van der Waals surface area contributed by atoms with E-state index < -0.39 is 0 Å². The quantitative estimate of drug-likeness (QED) is 0.832.